The van der Waals surface area contributed by atoms with Crippen molar-refractivity contribution in [3.63, 3.8) is 0 Å². The van der Waals surface area contributed by atoms with E-state index in [1.165, 1.54) is 0 Å². The molecule has 0 aliphatic rings. The fourth-order valence-corrected chi connectivity index (χ4v) is 3.25. The number of amides is 1. The fourth-order valence-electron chi connectivity index (χ4n) is 1.53. The van der Waals surface area contributed by atoms with Crippen LogP contribution in [0.3, 0.4) is 0 Å². The van der Waals surface area contributed by atoms with Crippen LogP contribution < -0.4 is 5.32 Å². The van der Waals surface area contributed by atoms with Crippen LogP contribution in [0.2, 0.25) is 6.04 Å². The van der Waals surface area contributed by atoms with Crippen molar-refractivity contribution in [1.82, 2.24) is 10.2 Å². The van der Waals surface area contributed by atoms with Crippen LogP contribution in [0.5, 0.6) is 0 Å². The largest absolute Gasteiger partial charge is 0.500 e. The van der Waals surface area contributed by atoms with Crippen LogP contribution >= 0.6 is 0 Å². The van der Waals surface area contributed by atoms with E-state index >= 15 is 0 Å². The van der Waals surface area contributed by atoms with E-state index in [0.29, 0.717) is 13.0 Å². The van der Waals surface area contributed by atoms with Gasteiger partial charge in [-0.1, -0.05) is 0 Å². The van der Waals surface area contributed by atoms with Crippen LogP contribution in [0.1, 0.15) is 12.8 Å². The molecule has 0 radical (unpaired) electrons. The van der Waals surface area contributed by atoms with E-state index in [4.69, 9.17) is 13.3 Å². The minimum atomic E-state index is -2.43. The molecule has 0 atom stereocenters. The first-order chi connectivity index (χ1) is 8.51. The van der Waals surface area contributed by atoms with Gasteiger partial charge >= 0.3 is 8.80 Å². The highest BCUT2D eigenvalue weighted by Crippen LogP contribution is 2.14. The Balaban J connectivity index is 3.64. The average Bonchev–Trinajstić information content (AvgIpc) is 2.38. The summed E-state index contributed by atoms with van der Waals surface area (Å²) >= 11 is 0. The first-order valence-electron chi connectivity index (χ1n) is 6.07. The number of rotatable bonds is 10. The van der Waals surface area contributed by atoms with Gasteiger partial charge in [0.05, 0.1) is 0 Å². The highest BCUT2D eigenvalue weighted by Gasteiger charge is 2.36. The summed E-state index contributed by atoms with van der Waals surface area (Å²) in [5.41, 5.74) is 0. The number of carbonyl (C=O) groups is 1. The summed E-state index contributed by atoms with van der Waals surface area (Å²) in [5, 5.41) is 3.22. The molecule has 1 amide bonds. The summed E-state index contributed by atoms with van der Waals surface area (Å²) in [6, 6.07) is 0.769. The van der Waals surface area contributed by atoms with Gasteiger partial charge in [0.15, 0.2) is 0 Å². The summed E-state index contributed by atoms with van der Waals surface area (Å²) in [7, 11) is 5.93. The van der Waals surface area contributed by atoms with Gasteiger partial charge in [-0.3, -0.25) is 4.79 Å². The molecule has 0 aromatic carbocycles. The van der Waals surface area contributed by atoms with Gasteiger partial charge in [-0.25, -0.2) is 0 Å². The third-order valence-electron chi connectivity index (χ3n) is 2.78. The first-order valence-corrected chi connectivity index (χ1v) is 8.01. The highest BCUT2D eigenvalue weighted by atomic mass is 28.4. The summed E-state index contributed by atoms with van der Waals surface area (Å²) in [4.78, 5) is 12.9. The molecule has 108 valence electrons. The van der Waals surface area contributed by atoms with Crippen molar-refractivity contribution < 1.29 is 18.1 Å². The molecule has 6 nitrogen and oxygen atoms in total. The number of nitrogens with zero attached hydrogens (tertiary/aromatic N) is 1. The number of nitrogens with one attached hydrogen (secondary N) is 1. The SMILES string of the molecule is CO[Si](CCCNCCC(=O)N(C)C)(OC)OC. The van der Waals surface area contributed by atoms with Crippen molar-refractivity contribution in [2.45, 2.75) is 18.9 Å². The number of carbonyl (C=O) groups excluding carboxylic acids is 1. The minimum absolute atomic E-state index is 0.136. The number of hydrogen-bond donors (Lipinski definition) is 1. The maximum Gasteiger partial charge on any atom is 0.500 e. The molecule has 0 unspecified atom stereocenters. The fraction of sp³-hybridized carbons (Fsp3) is 0.909. The molecule has 7 heteroatoms. The zero-order valence-electron chi connectivity index (χ0n) is 12.1. The van der Waals surface area contributed by atoms with Crippen molar-refractivity contribution in [1.29, 1.82) is 0 Å². The quantitative estimate of drug-likeness (QED) is 0.461. The molecule has 18 heavy (non-hydrogen) atoms. The van der Waals surface area contributed by atoms with Gasteiger partial charge in [-0.2, -0.15) is 0 Å². The van der Waals surface area contributed by atoms with Crippen LogP contribution in [0, 0.1) is 0 Å². The van der Waals surface area contributed by atoms with Crippen LogP contribution in [0.25, 0.3) is 0 Å². The van der Waals surface area contributed by atoms with Crippen LogP contribution in [0.15, 0.2) is 0 Å². The van der Waals surface area contributed by atoms with Gasteiger partial charge in [0.1, 0.15) is 0 Å². The van der Waals surface area contributed by atoms with Gasteiger partial charge in [-0.15, -0.1) is 0 Å². The van der Waals surface area contributed by atoms with Crippen molar-refractivity contribution in [2.75, 3.05) is 48.5 Å². The van der Waals surface area contributed by atoms with E-state index in [2.05, 4.69) is 5.32 Å². The van der Waals surface area contributed by atoms with Crippen molar-refractivity contribution in [3.8, 4) is 0 Å². The van der Waals surface area contributed by atoms with Gasteiger partial charge < -0.3 is 23.5 Å². The van der Waals surface area contributed by atoms with E-state index < -0.39 is 8.80 Å². The summed E-state index contributed by atoms with van der Waals surface area (Å²) in [6.07, 6.45) is 1.42. The van der Waals surface area contributed by atoms with Gasteiger partial charge in [0.2, 0.25) is 5.91 Å². The molecular weight excluding hydrogens is 252 g/mol. The van der Waals surface area contributed by atoms with E-state index in [1.54, 1.807) is 40.3 Å². The minimum Gasteiger partial charge on any atom is -0.377 e. The van der Waals surface area contributed by atoms with Crippen LogP contribution in [0.4, 0.5) is 0 Å². The Morgan fingerprint density at radius 3 is 2.11 bits per heavy atom. The second-order valence-electron chi connectivity index (χ2n) is 4.19. The summed E-state index contributed by atoms with van der Waals surface area (Å²) in [6.45, 7) is 1.52. The molecule has 0 heterocycles. The molecule has 0 spiro atoms. The second-order valence-corrected chi connectivity index (χ2v) is 7.28. The molecule has 0 saturated heterocycles. The van der Waals surface area contributed by atoms with Crippen LogP contribution in [-0.4, -0.2) is 68.1 Å². The lowest BCUT2D eigenvalue weighted by atomic mass is 10.3. The Morgan fingerprint density at radius 2 is 1.67 bits per heavy atom. The Bertz CT molecular complexity index is 227. The topological polar surface area (TPSA) is 60.0 Å². The second kappa shape index (κ2) is 9.46. The lowest BCUT2D eigenvalue weighted by Gasteiger charge is -2.24. The van der Waals surface area contributed by atoms with E-state index in [9.17, 15) is 4.79 Å². The molecule has 0 bridgehead atoms. The zero-order chi connectivity index (χ0) is 14.0. The van der Waals surface area contributed by atoms with E-state index in [1.807, 2.05) is 0 Å². The van der Waals surface area contributed by atoms with Gasteiger partial charge in [0, 0.05) is 54.4 Å². The molecule has 1 N–H and O–H groups in total. The van der Waals surface area contributed by atoms with Gasteiger partial charge in [-0.05, 0) is 13.0 Å². The molecular formula is C11H26N2O4Si. The van der Waals surface area contributed by atoms with Crippen molar-refractivity contribution in [2.24, 2.45) is 0 Å². The first kappa shape index (κ1) is 17.5. The molecule has 0 aliphatic heterocycles. The van der Waals surface area contributed by atoms with Crippen molar-refractivity contribution >= 4 is 14.7 Å². The lowest BCUT2D eigenvalue weighted by Crippen LogP contribution is -2.43. The standard InChI is InChI=1S/C11H26N2O4Si/c1-13(2)11(14)7-9-12-8-6-10-18(15-3,16-4)17-5/h12H,6-10H2,1-5H3. The van der Waals surface area contributed by atoms with Gasteiger partial charge in [0.25, 0.3) is 0 Å². The number of hydrogen-bond acceptors (Lipinski definition) is 5. The lowest BCUT2D eigenvalue weighted by molar-refractivity contribution is -0.128. The smallest absolute Gasteiger partial charge is 0.377 e. The monoisotopic (exact) mass is 278 g/mol. The van der Waals surface area contributed by atoms with E-state index in [-0.39, 0.29) is 5.91 Å². The maximum absolute atomic E-state index is 11.3. The normalized spacial score (nSPS) is 11.6. The predicted molar refractivity (Wildman–Crippen MR) is 72.4 cm³/mol. The molecule has 0 aromatic heterocycles. The Labute approximate surface area is 111 Å². The molecule has 0 fully saturated rings. The predicted octanol–water partition coefficient (Wildman–Crippen LogP) is 0.323. The summed E-state index contributed by atoms with van der Waals surface area (Å²) < 4.78 is 16.0. The third kappa shape index (κ3) is 6.46. The third-order valence-corrected chi connectivity index (χ3v) is 5.62. The Hall–Kier alpha value is -0.473. The Morgan fingerprint density at radius 1 is 1.11 bits per heavy atom. The molecule has 0 rings (SSSR count). The molecule has 0 aliphatic carbocycles. The molecule has 0 saturated carbocycles. The Kier molecular flexibility index (Phi) is 9.21. The average molecular weight is 278 g/mol. The highest BCUT2D eigenvalue weighted by molar-refractivity contribution is 6.60. The maximum atomic E-state index is 11.3. The molecule has 0 aromatic rings. The summed E-state index contributed by atoms with van der Waals surface area (Å²) in [5.74, 6) is 0.136. The van der Waals surface area contributed by atoms with Crippen LogP contribution in [-0.2, 0) is 18.1 Å². The van der Waals surface area contributed by atoms with E-state index in [0.717, 1.165) is 19.0 Å². The zero-order valence-corrected chi connectivity index (χ0v) is 13.1. The van der Waals surface area contributed by atoms with Crippen molar-refractivity contribution in [3.05, 3.63) is 0 Å².